The average Bonchev–Trinajstić information content (AvgIpc) is 2.17. The van der Waals surface area contributed by atoms with Crippen LogP contribution in [-0.2, 0) is 6.54 Å². The van der Waals surface area contributed by atoms with Gasteiger partial charge < -0.3 is 5.73 Å². The lowest BCUT2D eigenvalue weighted by Gasteiger charge is -2.04. The highest BCUT2D eigenvalue weighted by atomic mass is 79.9. The van der Waals surface area contributed by atoms with Crippen molar-refractivity contribution >= 4 is 27.7 Å². The van der Waals surface area contributed by atoms with E-state index in [2.05, 4.69) is 41.1 Å². The first-order valence-corrected chi connectivity index (χ1v) is 6.66. The summed E-state index contributed by atoms with van der Waals surface area (Å²) in [5.74, 6) is 1.19. The summed E-state index contributed by atoms with van der Waals surface area (Å²) in [6.07, 6.45) is 2.53. The fourth-order valence-electron chi connectivity index (χ4n) is 1.16. The summed E-state index contributed by atoms with van der Waals surface area (Å²) >= 11 is 5.40. The van der Waals surface area contributed by atoms with Gasteiger partial charge in [-0.05, 0) is 35.9 Å². The molecule has 0 heterocycles. The third kappa shape index (κ3) is 4.03. The molecular weight excluding hydrogens is 258 g/mol. The van der Waals surface area contributed by atoms with Gasteiger partial charge in [-0.25, -0.2) is 0 Å². The zero-order valence-electron chi connectivity index (χ0n) is 8.42. The Labute approximate surface area is 98.6 Å². The minimum Gasteiger partial charge on any atom is -0.326 e. The molecule has 3 heteroatoms. The monoisotopic (exact) mass is 273 g/mol. The first-order valence-electron chi connectivity index (χ1n) is 4.88. The van der Waals surface area contributed by atoms with E-state index in [0.29, 0.717) is 6.54 Å². The predicted octanol–water partition coefficient (Wildman–Crippen LogP) is 3.80. The summed E-state index contributed by atoms with van der Waals surface area (Å²) in [6, 6.07) is 6.40. The van der Waals surface area contributed by atoms with Crippen LogP contribution in [0.5, 0.6) is 0 Å². The Balaban J connectivity index is 2.62. The van der Waals surface area contributed by atoms with Crippen LogP contribution < -0.4 is 5.73 Å². The van der Waals surface area contributed by atoms with Crippen molar-refractivity contribution in [3.05, 3.63) is 28.2 Å². The van der Waals surface area contributed by atoms with Gasteiger partial charge in [0.25, 0.3) is 0 Å². The average molecular weight is 274 g/mol. The van der Waals surface area contributed by atoms with Gasteiger partial charge in [0.15, 0.2) is 0 Å². The molecule has 0 aliphatic rings. The van der Waals surface area contributed by atoms with Crippen molar-refractivity contribution in [2.75, 3.05) is 5.75 Å². The van der Waals surface area contributed by atoms with Gasteiger partial charge in [0, 0.05) is 15.9 Å². The van der Waals surface area contributed by atoms with E-state index in [1.165, 1.54) is 29.1 Å². The molecule has 1 nitrogen and oxygen atoms in total. The first kappa shape index (κ1) is 12.1. The van der Waals surface area contributed by atoms with Crippen molar-refractivity contribution in [1.82, 2.24) is 0 Å². The molecule has 1 rings (SSSR count). The third-order valence-corrected chi connectivity index (χ3v) is 3.45. The van der Waals surface area contributed by atoms with E-state index in [9.17, 15) is 0 Å². The molecule has 0 radical (unpaired) electrons. The highest BCUT2D eigenvalue weighted by Gasteiger charge is 1.98. The van der Waals surface area contributed by atoms with Crippen LogP contribution in [0, 0.1) is 0 Å². The minimum atomic E-state index is 0.612. The number of nitrogens with two attached hydrogens (primary N) is 1. The molecule has 78 valence electrons. The van der Waals surface area contributed by atoms with E-state index in [0.717, 1.165) is 4.47 Å². The number of hydrogen-bond acceptors (Lipinski definition) is 2. The van der Waals surface area contributed by atoms with Crippen LogP contribution in [-0.4, -0.2) is 5.75 Å². The van der Waals surface area contributed by atoms with Gasteiger partial charge >= 0.3 is 0 Å². The van der Waals surface area contributed by atoms with E-state index >= 15 is 0 Å². The number of hydrogen-bond donors (Lipinski definition) is 1. The molecule has 1 aromatic carbocycles. The molecule has 0 unspecified atom stereocenters. The quantitative estimate of drug-likeness (QED) is 0.653. The van der Waals surface area contributed by atoms with Gasteiger partial charge in [0.2, 0.25) is 0 Å². The number of rotatable bonds is 5. The third-order valence-electron chi connectivity index (χ3n) is 1.93. The molecule has 0 atom stereocenters. The second-order valence-electron chi connectivity index (χ2n) is 3.20. The van der Waals surface area contributed by atoms with Crippen LogP contribution in [0.25, 0.3) is 0 Å². The summed E-state index contributed by atoms with van der Waals surface area (Å²) in [7, 11) is 0. The van der Waals surface area contributed by atoms with Crippen molar-refractivity contribution in [2.45, 2.75) is 31.2 Å². The van der Waals surface area contributed by atoms with Gasteiger partial charge in [-0.15, -0.1) is 11.8 Å². The van der Waals surface area contributed by atoms with Crippen molar-refractivity contribution in [3.8, 4) is 0 Å². The molecule has 0 spiro atoms. The first-order chi connectivity index (χ1) is 6.76. The van der Waals surface area contributed by atoms with Crippen LogP contribution in [0.2, 0.25) is 0 Å². The van der Waals surface area contributed by atoms with E-state index in [1.807, 2.05) is 11.8 Å². The van der Waals surface area contributed by atoms with Crippen LogP contribution in [0.1, 0.15) is 25.3 Å². The molecule has 0 aliphatic heterocycles. The maximum Gasteiger partial charge on any atom is 0.0189 e. The summed E-state index contributed by atoms with van der Waals surface area (Å²) < 4.78 is 1.12. The molecule has 14 heavy (non-hydrogen) atoms. The van der Waals surface area contributed by atoms with Crippen LogP contribution in [0.4, 0.5) is 0 Å². The number of benzene rings is 1. The van der Waals surface area contributed by atoms with Crippen molar-refractivity contribution in [2.24, 2.45) is 5.73 Å². The molecule has 0 saturated carbocycles. The van der Waals surface area contributed by atoms with Gasteiger partial charge in [0.05, 0.1) is 0 Å². The summed E-state index contributed by atoms with van der Waals surface area (Å²) in [5.41, 5.74) is 6.81. The standard InChI is InChI=1S/C11H16BrNS/c1-2-3-4-14-11-6-9(8-13)5-10(12)7-11/h5-7H,2-4,8,13H2,1H3. The molecule has 0 aromatic heterocycles. The maximum atomic E-state index is 5.61. The lowest BCUT2D eigenvalue weighted by Crippen LogP contribution is -1.96. The predicted molar refractivity (Wildman–Crippen MR) is 67.7 cm³/mol. The van der Waals surface area contributed by atoms with Crippen LogP contribution >= 0.6 is 27.7 Å². The number of halogens is 1. The fourth-order valence-corrected chi connectivity index (χ4v) is 2.96. The molecule has 2 N–H and O–H groups in total. The Morgan fingerprint density at radius 3 is 2.79 bits per heavy atom. The second-order valence-corrected chi connectivity index (χ2v) is 5.29. The second kappa shape index (κ2) is 6.49. The van der Waals surface area contributed by atoms with E-state index in [1.54, 1.807) is 0 Å². The van der Waals surface area contributed by atoms with Gasteiger partial charge in [-0.3, -0.25) is 0 Å². The molecule has 0 aliphatic carbocycles. The smallest absolute Gasteiger partial charge is 0.0189 e. The van der Waals surface area contributed by atoms with Gasteiger partial charge in [0.1, 0.15) is 0 Å². The maximum absolute atomic E-state index is 5.61. The molecule has 0 saturated heterocycles. The Morgan fingerprint density at radius 2 is 2.14 bits per heavy atom. The van der Waals surface area contributed by atoms with Crippen molar-refractivity contribution in [3.63, 3.8) is 0 Å². The summed E-state index contributed by atoms with van der Waals surface area (Å²) in [6.45, 7) is 2.83. The van der Waals surface area contributed by atoms with Gasteiger partial charge in [-0.1, -0.05) is 29.3 Å². The zero-order chi connectivity index (χ0) is 10.4. The molecule has 0 fully saturated rings. The van der Waals surface area contributed by atoms with Crippen LogP contribution in [0.15, 0.2) is 27.6 Å². The van der Waals surface area contributed by atoms with E-state index < -0.39 is 0 Å². The SMILES string of the molecule is CCCCSc1cc(Br)cc(CN)c1. The molecule has 0 bridgehead atoms. The van der Waals surface area contributed by atoms with Crippen molar-refractivity contribution in [1.29, 1.82) is 0 Å². The largest absolute Gasteiger partial charge is 0.326 e. The number of unbranched alkanes of at least 4 members (excludes halogenated alkanes) is 1. The normalized spacial score (nSPS) is 10.5. The molecule has 0 amide bonds. The highest BCUT2D eigenvalue weighted by Crippen LogP contribution is 2.25. The zero-order valence-corrected chi connectivity index (χ0v) is 10.8. The molecule has 1 aromatic rings. The highest BCUT2D eigenvalue weighted by molar-refractivity contribution is 9.10. The molecular formula is C11H16BrNS. The van der Waals surface area contributed by atoms with Gasteiger partial charge in [-0.2, -0.15) is 0 Å². The van der Waals surface area contributed by atoms with Crippen LogP contribution in [0.3, 0.4) is 0 Å². The Hall–Kier alpha value is 0.01000. The summed E-state index contributed by atoms with van der Waals surface area (Å²) in [4.78, 5) is 1.31. The minimum absolute atomic E-state index is 0.612. The fraction of sp³-hybridized carbons (Fsp3) is 0.455. The van der Waals surface area contributed by atoms with E-state index in [-0.39, 0.29) is 0 Å². The van der Waals surface area contributed by atoms with E-state index in [4.69, 9.17) is 5.73 Å². The Kier molecular flexibility index (Phi) is 5.60. The number of thioether (sulfide) groups is 1. The Bertz CT molecular complexity index is 289. The topological polar surface area (TPSA) is 26.0 Å². The summed E-state index contributed by atoms with van der Waals surface area (Å²) in [5, 5.41) is 0. The lowest BCUT2D eigenvalue weighted by atomic mass is 10.2. The Morgan fingerprint density at radius 1 is 1.36 bits per heavy atom. The lowest BCUT2D eigenvalue weighted by molar-refractivity contribution is 0.896. The van der Waals surface area contributed by atoms with Crippen molar-refractivity contribution < 1.29 is 0 Å².